The average Bonchev–Trinajstić information content (AvgIpc) is 0. The molecule has 0 fully saturated rings. The summed E-state index contributed by atoms with van der Waals surface area (Å²) in [6.07, 6.45) is 0. The van der Waals surface area contributed by atoms with Crippen molar-refractivity contribution in [2.75, 3.05) is 0 Å². The van der Waals surface area contributed by atoms with E-state index in [4.69, 9.17) is 0 Å². The summed E-state index contributed by atoms with van der Waals surface area (Å²) >= 11 is 0. The normalized spacial score (nSPS) is 0. The zero-order chi connectivity index (χ0) is 0. The fourth-order valence-corrected chi connectivity index (χ4v) is 0. The van der Waals surface area contributed by atoms with Crippen molar-refractivity contribution in [2.24, 2.45) is 0 Å². The molecule has 0 saturated carbocycles. The molecule has 0 aliphatic carbocycles. The van der Waals surface area contributed by atoms with Crippen LogP contribution in [0.3, 0.4) is 0 Å². The summed E-state index contributed by atoms with van der Waals surface area (Å²) in [7, 11) is 0. The van der Waals surface area contributed by atoms with Crippen LogP contribution >= 0.6 is 0 Å². The van der Waals surface area contributed by atoms with Crippen LogP contribution in [0.4, 0.5) is 0 Å². The van der Waals surface area contributed by atoms with E-state index in [1.54, 1.807) is 0 Å². The molecule has 0 aliphatic rings. The Morgan fingerprint density at radius 2 is 0.500 bits per heavy atom. The Morgan fingerprint density at radius 1 is 0.500 bits per heavy atom. The number of rotatable bonds is 0. The van der Waals surface area contributed by atoms with Gasteiger partial charge in [0.25, 0.3) is 0 Å². The molecule has 0 radical (unpaired) electrons. The van der Waals surface area contributed by atoms with Crippen molar-refractivity contribution in [2.45, 2.75) is 0 Å². The van der Waals surface area contributed by atoms with Crippen molar-refractivity contribution < 1.29 is 0 Å². The molecular formula is H8Li2N2. The Labute approximate surface area is 50.2 Å². The van der Waals surface area contributed by atoms with Gasteiger partial charge in [-0.15, -0.1) is 0 Å². The van der Waals surface area contributed by atoms with Crippen LogP contribution in [-0.2, 0) is 0 Å². The second-order valence-corrected chi connectivity index (χ2v) is 0. The zero-order valence-electron chi connectivity index (χ0n) is 1.41. The van der Waals surface area contributed by atoms with Crippen molar-refractivity contribution in [3.05, 3.63) is 0 Å². The van der Waals surface area contributed by atoms with Gasteiger partial charge >= 0.3 is 37.7 Å². The number of hydrogen-bond donors (Lipinski definition) is 2. The van der Waals surface area contributed by atoms with Crippen molar-refractivity contribution in [1.82, 2.24) is 12.3 Å². The summed E-state index contributed by atoms with van der Waals surface area (Å²) < 4.78 is 0. The van der Waals surface area contributed by atoms with Gasteiger partial charge in [0.05, 0.1) is 0 Å². The van der Waals surface area contributed by atoms with Crippen LogP contribution in [0.15, 0.2) is 0 Å². The van der Waals surface area contributed by atoms with Gasteiger partial charge in [-0.2, -0.15) is 0 Å². The van der Waals surface area contributed by atoms with E-state index in [1.165, 1.54) is 0 Å². The van der Waals surface area contributed by atoms with Crippen LogP contribution < -0.4 is 12.3 Å². The molecule has 0 aromatic rings. The molecule has 4 heteroatoms. The summed E-state index contributed by atoms with van der Waals surface area (Å²) in [6.45, 7) is 0. The Balaban J connectivity index is 0. The number of hydrogen-bond acceptors (Lipinski definition) is 2. The van der Waals surface area contributed by atoms with Crippen LogP contribution in [0.5, 0.6) is 0 Å². The predicted octanol–water partition coefficient (Wildman–Crippen LogP) is -0.973. The third-order valence-corrected chi connectivity index (χ3v) is 0. The molecule has 0 spiro atoms. The minimum atomic E-state index is 0. The molecule has 0 aliphatic heterocycles. The average molecular weight is 50.0 g/mol. The predicted molar refractivity (Wildman–Crippen MR) is 24.3 cm³/mol. The molecule has 0 rings (SSSR count). The first-order valence-corrected chi connectivity index (χ1v) is 0. The second-order valence-electron chi connectivity index (χ2n) is 0. The fourth-order valence-electron chi connectivity index (χ4n) is 0. The molecule has 0 unspecified atom stereocenters. The topological polar surface area (TPSA) is 70.0 Å². The van der Waals surface area contributed by atoms with Crippen molar-refractivity contribution in [3.63, 3.8) is 0 Å². The molecule has 0 aromatic carbocycles. The molecule has 0 atom stereocenters. The summed E-state index contributed by atoms with van der Waals surface area (Å²) in [6, 6.07) is 0. The fraction of sp³-hybridized carbons (Fsp3) is 0. The Bertz CT molecular complexity index is 4.00. The minimum absolute atomic E-state index is 0. The molecule has 20 valence electrons. The van der Waals surface area contributed by atoms with E-state index in [9.17, 15) is 0 Å². The second kappa shape index (κ2) is 32.1. The van der Waals surface area contributed by atoms with Crippen LogP contribution in [0.25, 0.3) is 0 Å². The van der Waals surface area contributed by atoms with Gasteiger partial charge in [0.15, 0.2) is 0 Å². The maximum atomic E-state index is 0. The van der Waals surface area contributed by atoms with Gasteiger partial charge in [0.1, 0.15) is 0 Å². The summed E-state index contributed by atoms with van der Waals surface area (Å²) in [5.74, 6) is 0. The van der Waals surface area contributed by atoms with E-state index >= 15 is 0 Å². The third-order valence-electron chi connectivity index (χ3n) is 0. The third kappa shape index (κ3) is 11.2. The van der Waals surface area contributed by atoms with Gasteiger partial charge in [-0.05, 0) is 0 Å². The van der Waals surface area contributed by atoms with Crippen molar-refractivity contribution >= 4 is 37.7 Å². The summed E-state index contributed by atoms with van der Waals surface area (Å²) in [4.78, 5) is 0. The molecule has 2 nitrogen and oxygen atoms in total. The first kappa shape index (κ1) is 69.7. The van der Waals surface area contributed by atoms with Gasteiger partial charge in [-0.1, -0.05) is 0 Å². The molecule has 0 saturated heterocycles. The molecule has 0 bridgehead atoms. The van der Waals surface area contributed by atoms with Gasteiger partial charge < -0.3 is 12.3 Å². The van der Waals surface area contributed by atoms with Crippen LogP contribution in [0, 0.1) is 0 Å². The summed E-state index contributed by atoms with van der Waals surface area (Å²) in [5.41, 5.74) is 0. The molecule has 0 amide bonds. The monoisotopic (exact) mass is 50.1 g/mol. The quantitative estimate of drug-likeness (QED) is 0.347. The van der Waals surface area contributed by atoms with Gasteiger partial charge in [-0.25, -0.2) is 0 Å². The summed E-state index contributed by atoms with van der Waals surface area (Å²) in [5, 5.41) is 0. The molecule has 6 N–H and O–H groups in total. The van der Waals surface area contributed by atoms with E-state index in [-0.39, 0.29) is 50.0 Å². The Kier molecular flexibility index (Phi) is 560. The first-order valence-electron chi connectivity index (χ1n) is 0. The van der Waals surface area contributed by atoms with Gasteiger partial charge in [0.2, 0.25) is 0 Å². The standard InChI is InChI=1S/2Li.2H3N.2H/h;;2*1H3;;. The first-order chi connectivity index (χ1) is 0. The SMILES string of the molecule is N.N.[LiH].[LiH]. The Morgan fingerprint density at radius 3 is 0.500 bits per heavy atom. The van der Waals surface area contributed by atoms with E-state index in [2.05, 4.69) is 0 Å². The Hall–Kier alpha value is 1.11. The van der Waals surface area contributed by atoms with Crippen LogP contribution in [-0.4, -0.2) is 37.7 Å². The van der Waals surface area contributed by atoms with E-state index in [1.807, 2.05) is 0 Å². The molecule has 0 aromatic heterocycles. The molecular weight excluding hydrogens is 41.9 g/mol. The zero-order valence-corrected chi connectivity index (χ0v) is 1.41. The van der Waals surface area contributed by atoms with Gasteiger partial charge in [-0.3, -0.25) is 0 Å². The molecule has 0 heterocycles. The van der Waals surface area contributed by atoms with Crippen molar-refractivity contribution in [1.29, 1.82) is 0 Å². The van der Waals surface area contributed by atoms with Crippen molar-refractivity contribution in [3.8, 4) is 0 Å². The molecule has 4 heavy (non-hydrogen) atoms. The van der Waals surface area contributed by atoms with Crippen LogP contribution in [0.1, 0.15) is 0 Å². The van der Waals surface area contributed by atoms with Gasteiger partial charge in [0, 0.05) is 0 Å². The van der Waals surface area contributed by atoms with E-state index < -0.39 is 0 Å². The maximum absolute atomic E-state index is 0. The van der Waals surface area contributed by atoms with Crippen LogP contribution in [0.2, 0.25) is 0 Å². The van der Waals surface area contributed by atoms with E-state index in [0.29, 0.717) is 0 Å². The van der Waals surface area contributed by atoms with E-state index in [0.717, 1.165) is 0 Å².